The minimum absolute atomic E-state index is 0.0192. The molecular formula is C22H18F3N3O3. The maximum atomic E-state index is 12.5. The van der Waals surface area contributed by atoms with Crippen LogP contribution < -0.4 is 14.4 Å². The van der Waals surface area contributed by atoms with Gasteiger partial charge in [0.1, 0.15) is 23.0 Å². The van der Waals surface area contributed by atoms with Crippen LogP contribution >= 0.6 is 0 Å². The molecule has 0 radical (unpaired) electrons. The zero-order chi connectivity index (χ0) is 22.0. The van der Waals surface area contributed by atoms with Gasteiger partial charge in [0, 0.05) is 37.0 Å². The molecule has 31 heavy (non-hydrogen) atoms. The molecule has 3 aromatic rings. The lowest BCUT2D eigenvalue weighted by Crippen LogP contribution is -2.22. The van der Waals surface area contributed by atoms with Gasteiger partial charge in [-0.05, 0) is 42.5 Å². The average molecular weight is 429 g/mol. The summed E-state index contributed by atoms with van der Waals surface area (Å²) in [6.07, 6.45) is -3.25. The third-order valence-corrected chi connectivity index (χ3v) is 4.59. The molecule has 0 spiro atoms. The van der Waals surface area contributed by atoms with E-state index < -0.39 is 6.36 Å². The fraction of sp³-hybridized carbons (Fsp3) is 0.182. The Morgan fingerprint density at radius 1 is 1.06 bits per heavy atom. The first kappa shape index (κ1) is 20.7. The predicted molar refractivity (Wildman–Crippen MR) is 110 cm³/mol. The van der Waals surface area contributed by atoms with Gasteiger partial charge in [-0.25, -0.2) is 4.98 Å². The van der Waals surface area contributed by atoms with Gasteiger partial charge in [0.05, 0.1) is 12.3 Å². The van der Waals surface area contributed by atoms with Crippen molar-refractivity contribution in [3.05, 3.63) is 60.2 Å². The molecule has 6 nitrogen and oxygen atoms in total. The smallest absolute Gasteiger partial charge is 0.454 e. The minimum atomic E-state index is -4.78. The van der Waals surface area contributed by atoms with E-state index in [4.69, 9.17) is 9.84 Å². The summed E-state index contributed by atoms with van der Waals surface area (Å²) < 4.78 is 47.3. The lowest BCUT2D eigenvalue weighted by atomic mass is 10.1. The van der Waals surface area contributed by atoms with E-state index in [1.54, 1.807) is 6.07 Å². The van der Waals surface area contributed by atoms with Gasteiger partial charge in [0.2, 0.25) is 0 Å². The quantitative estimate of drug-likeness (QED) is 0.487. The topological polar surface area (TPSA) is 67.2 Å². The van der Waals surface area contributed by atoms with Crippen molar-refractivity contribution in [1.29, 1.82) is 0 Å². The first-order valence-electron chi connectivity index (χ1n) is 9.37. The first-order valence-corrected chi connectivity index (χ1v) is 9.37. The minimum Gasteiger partial charge on any atom is -0.454 e. The monoisotopic (exact) mass is 429 g/mol. The summed E-state index contributed by atoms with van der Waals surface area (Å²) in [5.41, 5.74) is 2.43. The largest absolute Gasteiger partial charge is 0.573 e. The predicted octanol–water partition coefficient (Wildman–Crippen LogP) is 4.93. The lowest BCUT2D eigenvalue weighted by molar-refractivity contribution is -0.274. The number of aliphatic hydroxyl groups is 1. The molecular weight excluding hydrogens is 411 g/mol. The molecule has 9 heteroatoms. The van der Waals surface area contributed by atoms with Crippen LogP contribution in [0.2, 0.25) is 0 Å². The number of aliphatic hydroxyl groups excluding tert-OH is 1. The number of hydrogen-bond acceptors (Lipinski definition) is 6. The number of alkyl halides is 3. The Morgan fingerprint density at radius 2 is 1.87 bits per heavy atom. The molecule has 0 saturated carbocycles. The van der Waals surface area contributed by atoms with Crippen LogP contribution in [0.15, 0.2) is 59.6 Å². The molecule has 0 bridgehead atoms. The number of rotatable bonds is 5. The van der Waals surface area contributed by atoms with E-state index in [1.807, 2.05) is 42.3 Å². The van der Waals surface area contributed by atoms with Gasteiger partial charge < -0.3 is 19.5 Å². The SMILES string of the molecule is CN(CCO)c1cccc(-c2ccc3c(c2)C=Nc2cc(OC(F)(F)F)ccc2O3)n1. The molecule has 2 aromatic carbocycles. The van der Waals surface area contributed by atoms with Gasteiger partial charge in [-0.15, -0.1) is 13.2 Å². The van der Waals surface area contributed by atoms with Gasteiger partial charge >= 0.3 is 6.36 Å². The van der Waals surface area contributed by atoms with Crippen LogP contribution in [0.5, 0.6) is 17.2 Å². The van der Waals surface area contributed by atoms with Crippen molar-refractivity contribution in [3.8, 4) is 28.5 Å². The molecule has 160 valence electrons. The van der Waals surface area contributed by atoms with Crippen LogP contribution in [-0.2, 0) is 0 Å². The summed E-state index contributed by atoms with van der Waals surface area (Å²) in [6, 6.07) is 14.8. The second kappa shape index (κ2) is 8.27. The van der Waals surface area contributed by atoms with Gasteiger partial charge in [0.25, 0.3) is 0 Å². The molecule has 0 unspecified atom stereocenters. The number of likely N-dealkylation sites (N-methyl/N-ethyl adjacent to an activating group) is 1. The second-order valence-electron chi connectivity index (χ2n) is 6.82. The van der Waals surface area contributed by atoms with E-state index in [-0.39, 0.29) is 18.0 Å². The fourth-order valence-electron chi connectivity index (χ4n) is 3.10. The third-order valence-electron chi connectivity index (χ3n) is 4.59. The Morgan fingerprint density at radius 3 is 2.65 bits per heavy atom. The Labute approximate surface area is 176 Å². The van der Waals surface area contributed by atoms with E-state index in [1.165, 1.54) is 24.4 Å². The maximum Gasteiger partial charge on any atom is 0.573 e. The van der Waals surface area contributed by atoms with Crippen molar-refractivity contribution in [2.45, 2.75) is 6.36 Å². The Bertz CT molecular complexity index is 1130. The van der Waals surface area contributed by atoms with Crippen LogP contribution in [0.25, 0.3) is 11.3 Å². The highest BCUT2D eigenvalue weighted by Crippen LogP contribution is 2.40. The molecule has 4 rings (SSSR count). The number of ether oxygens (including phenoxy) is 2. The second-order valence-corrected chi connectivity index (χ2v) is 6.82. The zero-order valence-corrected chi connectivity index (χ0v) is 16.4. The number of hydrogen-bond donors (Lipinski definition) is 1. The number of anilines is 1. The number of nitrogens with zero attached hydrogens (tertiary/aromatic N) is 3. The number of aliphatic imine (C=N–C) groups is 1. The molecule has 0 aliphatic carbocycles. The highest BCUT2D eigenvalue weighted by Gasteiger charge is 2.31. The van der Waals surface area contributed by atoms with Crippen LogP contribution in [-0.4, -0.2) is 42.9 Å². The van der Waals surface area contributed by atoms with Gasteiger partial charge in [-0.3, -0.25) is 4.99 Å². The average Bonchev–Trinajstić information content (AvgIpc) is 2.91. The number of fused-ring (bicyclic) bond motifs is 2. The fourth-order valence-corrected chi connectivity index (χ4v) is 3.10. The van der Waals surface area contributed by atoms with E-state index >= 15 is 0 Å². The van der Waals surface area contributed by atoms with Crippen molar-refractivity contribution in [1.82, 2.24) is 4.98 Å². The summed E-state index contributed by atoms with van der Waals surface area (Å²) in [5, 5.41) is 9.13. The molecule has 0 atom stereocenters. The summed E-state index contributed by atoms with van der Waals surface area (Å²) in [5.74, 6) is 1.19. The Balaban J connectivity index is 1.64. The number of halogens is 3. The van der Waals surface area contributed by atoms with Crippen LogP contribution in [0.3, 0.4) is 0 Å². The first-order chi connectivity index (χ1) is 14.8. The summed E-state index contributed by atoms with van der Waals surface area (Å²) in [7, 11) is 1.84. The molecule has 0 fully saturated rings. The molecule has 1 aliphatic rings. The Hall–Kier alpha value is -3.59. The van der Waals surface area contributed by atoms with E-state index in [0.717, 1.165) is 17.1 Å². The summed E-state index contributed by atoms with van der Waals surface area (Å²) >= 11 is 0. The standard InChI is InChI=1S/C22H18F3N3O3/c1-28(9-10-29)21-4-2-3-17(27-21)14-5-7-19-15(11-14)13-26-18-12-16(31-22(23,24)25)6-8-20(18)30-19/h2-8,11-13,29H,9-10H2,1H3. The van der Waals surface area contributed by atoms with Crippen LogP contribution in [0.4, 0.5) is 24.7 Å². The van der Waals surface area contributed by atoms with Crippen LogP contribution in [0, 0.1) is 0 Å². The van der Waals surface area contributed by atoms with E-state index in [0.29, 0.717) is 23.6 Å². The number of benzene rings is 2. The van der Waals surface area contributed by atoms with Crippen molar-refractivity contribution in [2.24, 2.45) is 4.99 Å². The van der Waals surface area contributed by atoms with Gasteiger partial charge in [-0.2, -0.15) is 0 Å². The lowest BCUT2D eigenvalue weighted by Gasteiger charge is -2.17. The van der Waals surface area contributed by atoms with Crippen molar-refractivity contribution < 1.29 is 27.8 Å². The zero-order valence-electron chi connectivity index (χ0n) is 16.4. The highest BCUT2D eigenvalue weighted by atomic mass is 19.4. The Kier molecular flexibility index (Phi) is 5.51. The summed E-state index contributed by atoms with van der Waals surface area (Å²) in [6.45, 7) is 0.477. The maximum absolute atomic E-state index is 12.5. The van der Waals surface area contributed by atoms with Gasteiger partial charge in [-0.1, -0.05) is 6.07 Å². The number of aromatic nitrogens is 1. The van der Waals surface area contributed by atoms with Crippen molar-refractivity contribution >= 4 is 17.7 Å². The molecule has 2 heterocycles. The third kappa shape index (κ3) is 4.77. The van der Waals surface area contributed by atoms with E-state index in [9.17, 15) is 13.2 Å². The molecule has 1 aromatic heterocycles. The molecule has 0 amide bonds. The highest BCUT2D eigenvalue weighted by molar-refractivity contribution is 5.89. The molecule has 0 saturated heterocycles. The van der Waals surface area contributed by atoms with Gasteiger partial charge in [0.15, 0.2) is 5.75 Å². The molecule has 1 aliphatic heterocycles. The molecule has 1 N–H and O–H groups in total. The van der Waals surface area contributed by atoms with E-state index in [2.05, 4.69) is 14.7 Å². The summed E-state index contributed by atoms with van der Waals surface area (Å²) in [4.78, 5) is 10.7. The van der Waals surface area contributed by atoms with Crippen molar-refractivity contribution in [3.63, 3.8) is 0 Å². The number of pyridine rings is 1. The van der Waals surface area contributed by atoms with Crippen molar-refractivity contribution in [2.75, 3.05) is 25.1 Å². The normalized spacial score (nSPS) is 12.4. The van der Waals surface area contributed by atoms with Crippen LogP contribution in [0.1, 0.15) is 5.56 Å².